The number of carboxylic acid groups (broad SMARTS) is 1. The molecule has 0 saturated heterocycles. The zero-order valence-electron chi connectivity index (χ0n) is 10.7. The number of benzene rings is 1. The molecule has 0 spiro atoms. The number of carboxylic acids is 1. The topological polar surface area (TPSA) is 75.6 Å². The van der Waals surface area contributed by atoms with Crippen LogP contribution in [0.2, 0.25) is 0 Å². The lowest BCUT2D eigenvalue weighted by atomic mass is 9.68. The van der Waals surface area contributed by atoms with Gasteiger partial charge in [-0.05, 0) is 37.1 Å². The van der Waals surface area contributed by atoms with Crippen molar-refractivity contribution in [2.24, 2.45) is 5.41 Å². The molecule has 114 valence electrons. The molecular formula is C13H12F3NO4. The quantitative estimate of drug-likeness (QED) is 0.839. The summed E-state index contributed by atoms with van der Waals surface area (Å²) in [6.45, 7) is 0. The Kier molecular flexibility index (Phi) is 3.80. The van der Waals surface area contributed by atoms with Gasteiger partial charge >= 0.3 is 12.3 Å². The number of hydrogen-bond acceptors (Lipinski definition) is 3. The monoisotopic (exact) mass is 303 g/mol. The lowest BCUT2D eigenvalue weighted by molar-refractivity contribution is -0.274. The third-order valence-electron chi connectivity index (χ3n) is 3.40. The zero-order chi connectivity index (χ0) is 15.7. The summed E-state index contributed by atoms with van der Waals surface area (Å²) in [6.07, 6.45) is -3.63. The van der Waals surface area contributed by atoms with Crippen molar-refractivity contribution in [2.75, 3.05) is 5.32 Å². The van der Waals surface area contributed by atoms with Crippen molar-refractivity contribution in [1.82, 2.24) is 0 Å². The standard InChI is InChI=1S/C13H12F3NO4/c14-13(15,16)21-9-4-2-8(3-5-9)17-10(18)12(11(19)20)6-1-7-12/h2-5H,1,6-7H2,(H,17,18)(H,19,20). The van der Waals surface area contributed by atoms with Gasteiger partial charge in [0.25, 0.3) is 0 Å². The van der Waals surface area contributed by atoms with Crippen molar-refractivity contribution in [3.8, 4) is 5.75 Å². The first-order valence-corrected chi connectivity index (χ1v) is 6.14. The van der Waals surface area contributed by atoms with Crippen LogP contribution in [-0.4, -0.2) is 23.3 Å². The largest absolute Gasteiger partial charge is 0.573 e. The number of rotatable bonds is 4. The van der Waals surface area contributed by atoms with E-state index in [9.17, 15) is 22.8 Å². The first-order chi connectivity index (χ1) is 9.73. The first-order valence-electron chi connectivity index (χ1n) is 6.14. The Morgan fingerprint density at radius 3 is 2.14 bits per heavy atom. The molecule has 21 heavy (non-hydrogen) atoms. The third-order valence-corrected chi connectivity index (χ3v) is 3.40. The van der Waals surface area contributed by atoms with Crippen LogP contribution in [0.15, 0.2) is 24.3 Å². The molecule has 1 aromatic rings. The molecule has 1 aliphatic carbocycles. The molecule has 0 radical (unpaired) electrons. The summed E-state index contributed by atoms with van der Waals surface area (Å²) in [4.78, 5) is 23.1. The van der Waals surface area contributed by atoms with Gasteiger partial charge in [0.2, 0.25) is 5.91 Å². The third kappa shape index (κ3) is 3.26. The summed E-state index contributed by atoms with van der Waals surface area (Å²) in [5.41, 5.74) is -1.22. The second-order valence-corrected chi connectivity index (χ2v) is 4.77. The molecule has 0 heterocycles. The molecule has 0 aliphatic heterocycles. The maximum absolute atomic E-state index is 12.0. The van der Waals surface area contributed by atoms with E-state index in [1.54, 1.807) is 0 Å². The fourth-order valence-corrected chi connectivity index (χ4v) is 2.06. The smallest absolute Gasteiger partial charge is 0.480 e. The molecule has 1 amide bonds. The van der Waals surface area contributed by atoms with Crippen molar-refractivity contribution in [2.45, 2.75) is 25.6 Å². The fraction of sp³-hybridized carbons (Fsp3) is 0.385. The summed E-state index contributed by atoms with van der Waals surface area (Å²) in [7, 11) is 0. The Balaban J connectivity index is 2.03. The average molecular weight is 303 g/mol. The van der Waals surface area contributed by atoms with Crippen LogP contribution >= 0.6 is 0 Å². The van der Waals surface area contributed by atoms with Crippen LogP contribution in [0.25, 0.3) is 0 Å². The van der Waals surface area contributed by atoms with Gasteiger partial charge in [-0.3, -0.25) is 9.59 Å². The first kappa shape index (κ1) is 15.1. The van der Waals surface area contributed by atoms with E-state index < -0.39 is 29.4 Å². The number of anilines is 1. The molecule has 2 rings (SSSR count). The maximum atomic E-state index is 12.0. The fourth-order valence-electron chi connectivity index (χ4n) is 2.06. The number of halogens is 3. The van der Waals surface area contributed by atoms with E-state index in [2.05, 4.69) is 10.1 Å². The van der Waals surface area contributed by atoms with E-state index >= 15 is 0 Å². The predicted octanol–water partition coefficient (Wildman–Crippen LogP) is 2.78. The van der Waals surface area contributed by atoms with E-state index in [1.165, 1.54) is 12.1 Å². The van der Waals surface area contributed by atoms with Gasteiger partial charge in [0, 0.05) is 5.69 Å². The summed E-state index contributed by atoms with van der Waals surface area (Å²) in [5.74, 6) is -2.27. The number of amides is 1. The number of ether oxygens (including phenoxy) is 1. The van der Waals surface area contributed by atoms with E-state index in [4.69, 9.17) is 5.11 Å². The number of carbonyl (C=O) groups is 2. The summed E-state index contributed by atoms with van der Waals surface area (Å²) < 4.78 is 39.7. The van der Waals surface area contributed by atoms with Gasteiger partial charge in [-0.1, -0.05) is 6.42 Å². The molecule has 0 bridgehead atoms. The van der Waals surface area contributed by atoms with Gasteiger partial charge < -0.3 is 15.2 Å². The molecule has 1 saturated carbocycles. The minimum absolute atomic E-state index is 0.210. The van der Waals surface area contributed by atoms with Crippen LogP contribution in [0.1, 0.15) is 19.3 Å². The highest BCUT2D eigenvalue weighted by molar-refractivity contribution is 6.09. The summed E-state index contributed by atoms with van der Waals surface area (Å²) in [5, 5.41) is 11.5. The lowest BCUT2D eigenvalue weighted by Crippen LogP contribution is -2.48. The normalized spacial score (nSPS) is 16.7. The van der Waals surface area contributed by atoms with Crippen LogP contribution in [-0.2, 0) is 9.59 Å². The number of aliphatic carboxylic acids is 1. The lowest BCUT2D eigenvalue weighted by Gasteiger charge is -2.35. The van der Waals surface area contributed by atoms with E-state index in [1.807, 2.05) is 0 Å². The number of nitrogens with one attached hydrogen (secondary N) is 1. The van der Waals surface area contributed by atoms with Crippen molar-refractivity contribution in [3.63, 3.8) is 0 Å². The van der Waals surface area contributed by atoms with E-state index in [-0.39, 0.29) is 18.5 Å². The Morgan fingerprint density at radius 2 is 1.76 bits per heavy atom. The molecular weight excluding hydrogens is 291 g/mol. The molecule has 0 aromatic heterocycles. The zero-order valence-corrected chi connectivity index (χ0v) is 10.7. The van der Waals surface area contributed by atoms with Crippen molar-refractivity contribution >= 4 is 17.6 Å². The number of carbonyl (C=O) groups excluding carboxylic acids is 1. The molecule has 1 aliphatic rings. The Bertz CT molecular complexity index is 550. The van der Waals surface area contributed by atoms with Crippen LogP contribution < -0.4 is 10.1 Å². The molecule has 8 heteroatoms. The van der Waals surface area contributed by atoms with Crippen LogP contribution in [0.4, 0.5) is 18.9 Å². The maximum Gasteiger partial charge on any atom is 0.573 e. The molecule has 1 aromatic carbocycles. The minimum atomic E-state index is -4.79. The van der Waals surface area contributed by atoms with E-state index in [0.29, 0.717) is 6.42 Å². The average Bonchev–Trinajstić information content (AvgIpc) is 2.27. The van der Waals surface area contributed by atoms with Gasteiger partial charge in [0.1, 0.15) is 11.2 Å². The SMILES string of the molecule is O=C(O)C1(C(=O)Nc2ccc(OC(F)(F)F)cc2)CCC1. The van der Waals surface area contributed by atoms with Crippen molar-refractivity contribution < 1.29 is 32.6 Å². The van der Waals surface area contributed by atoms with Crippen LogP contribution in [0.5, 0.6) is 5.75 Å². The van der Waals surface area contributed by atoms with E-state index in [0.717, 1.165) is 12.1 Å². The summed E-state index contributed by atoms with van der Waals surface area (Å²) >= 11 is 0. The predicted molar refractivity (Wildman–Crippen MR) is 65.7 cm³/mol. The minimum Gasteiger partial charge on any atom is -0.480 e. The highest BCUT2D eigenvalue weighted by Gasteiger charge is 2.51. The second kappa shape index (κ2) is 5.27. The van der Waals surface area contributed by atoms with Crippen molar-refractivity contribution in [1.29, 1.82) is 0 Å². The van der Waals surface area contributed by atoms with Gasteiger partial charge in [0.15, 0.2) is 0 Å². The second-order valence-electron chi connectivity index (χ2n) is 4.77. The number of hydrogen-bond donors (Lipinski definition) is 2. The van der Waals surface area contributed by atoms with Crippen LogP contribution in [0.3, 0.4) is 0 Å². The van der Waals surface area contributed by atoms with Gasteiger partial charge in [0.05, 0.1) is 0 Å². The highest BCUT2D eigenvalue weighted by atomic mass is 19.4. The molecule has 1 fully saturated rings. The highest BCUT2D eigenvalue weighted by Crippen LogP contribution is 2.42. The molecule has 0 atom stereocenters. The number of alkyl halides is 3. The molecule has 0 unspecified atom stereocenters. The Morgan fingerprint density at radius 1 is 1.19 bits per heavy atom. The Labute approximate surface area is 117 Å². The summed E-state index contributed by atoms with van der Waals surface area (Å²) in [6, 6.07) is 4.51. The van der Waals surface area contributed by atoms with Gasteiger partial charge in [-0.15, -0.1) is 13.2 Å². The van der Waals surface area contributed by atoms with Crippen molar-refractivity contribution in [3.05, 3.63) is 24.3 Å². The van der Waals surface area contributed by atoms with Gasteiger partial charge in [-0.25, -0.2) is 0 Å². The molecule has 2 N–H and O–H groups in total. The Hall–Kier alpha value is -2.25. The van der Waals surface area contributed by atoms with Crippen LogP contribution in [0, 0.1) is 5.41 Å². The van der Waals surface area contributed by atoms with Gasteiger partial charge in [-0.2, -0.15) is 0 Å². The molecule has 5 nitrogen and oxygen atoms in total.